The van der Waals surface area contributed by atoms with Gasteiger partial charge in [-0.25, -0.2) is 0 Å². The van der Waals surface area contributed by atoms with E-state index in [1.165, 1.54) is 4.90 Å². The average Bonchev–Trinajstić information content (AvgIpc) is 2.87. The number of hydrogen-bond donors (Lipinski definition) is 1. The highest BCUT2D eigenvalue weighted by atomic mass is 32.2. The number of rotatable bonds is 7. The molecule has 5 nitrogen and oxygen atoms in total. The third-order valence-electron chi connectivity index (χ3n) is 3.74. The van der Waals surface area contributed by atoms with Crippen LogP contribution >= 0.6 is 11.8 Å². The highest BCUT2D eigenvalue weighted by Gasteiger charge is 2.32. The molecule has 0 radical (unpaired) electrons. The molecule has 2 rings (SSSR count). The largest absolute Gasteiger partial charge is 0.493 e. The van der Waals surface area contributed by atoms with Crippen molar-refractivity contribution in [1.29, 1.82) is 0 Å². The molecule has 1 aromatic rings. The number of nitrogens with zero attached hydrogens (tertiary/aromatic N) is 1. The first-order valence-corrected chi connectivity index (χ1v) is 8.53. The van der Waals surface area contributed by atoms with Crippen molar-refractivity contribution in [3.05, 3.63) is 23.8 Å². The van der Waals surface area contributed by atoms with E-state index >= 15 is 0 Å². The first-order valence-electron chi connectivity index (χ1n) is 7.49. The number of methoxy groups -OCH3 is 2. The smallest absolute Gasteiger partial charge is 0.233 e. The molecule has 1 saturated heterocycles. The van der Waals surface area contributed by atoms with Crippen molar-refractivity contribution in [2.24, 2.45) is 0 Å². The molecule has 1 heterocycles. The zero-order valence-electron chi connectivity index (χ0n) is 13.7. The minimum absolute atomic E-state index is 0.0736. The van der Waals surface area contributed by atoms with E-state index in [4.69, 9.17) is 9.47 Å². The summed E-state index contributed by atoms with van der Waals surface area (Å²) in [5.41, 5.74) is 1.09. The number of carbonyl (C=O) groups excluding carboxylic acids is 1. The Hall–Kier alpha value is -1.40. The van der Waals surface area contributed by atoms with Crippen LogP contribution in [0, 0.1) is 0 Å². The molecule has 0 aliphatic carbocycles. The summed E-state index contributed by atoms with van der Waals surface area (Å²) in [5, 5.41) is 0.0736. The van der Waals surface area contributed by atoms with Crippen LogP contribution in [0.1, 0.15) is 17.4 Å². The molecule has 1 aliphatic rings. The third-order valence-corrected chi connectivity index (χ3v) is 4.99. The van der Waals surface area contributed by atoms with Crippen LogP contribution in [-0.4, -0.2) is 58.0 Å². The van der Waals surface area contributed by atoms with Crippen LogP contribution in [0.3, 0.4) is 0 Å². The van der Waals surface area contributed by atoms with Crippen LogP contribution in [-0.2, 0) is 4.79 Å². The van der Waals surface area contributed by atoms with E-state index in [2.05, 4.69) is 14.1 Å². The van der Waals surface area contributed by atoms with E-state index < -0.39 is 0 Å². The standard InChI is InChI=1S/C16H24N2O3S/c1-17(2)8-5-9-18-15(19)11-22-16(18)12-6-7-13(20-3)14(10-12)21-4/h6-7,10,16H,5,8-9,11H2,1-4H3/p+1. The fourth-order valence-corrected chi connectivity index (χ4v) is 3.79. The van der Waals surface area contributed by atoms with E-state index in [-0.39, 0.29) is 11.3 Å². The summed E-state index contributed by atoms with van der Waals surface area (Å²) in [6, 6.07) is 5.89. The SMILES string of the molecule is COc1ccc(C2SCC(=O)N2CCC[NH+](C)C)cc1OC. The van der Waals surface area contributed by atoms with Crippen LogP contribution in [0.25, 0.3) is 0 Å². The number of thioether (sulfide) groups is 1. The van der Waals surface area contributed by atoms with Crippen LogP contribution in [0.2, 0.25) is 0 Å². The number of hydrogen-bond acceptors (Lipinski definition) is 4. The molecule has 0 saturated carbocycles. The van der Waals surface area contributed by atoms with Crippen molar-refractivity contribution in [2.75, 3.05) is 47.2 Å². The lowest BCUT2D eigenvalue weighted by Gasteiger charge is -2.25. The van der Waals surface area contributed by atoms with E-state index in [0.717, 1.165) is 25.1 Å². The van der Waals surface area contributed by atoms with E-state index in [1.54, 1.807) is 26.0 Å². The second-order valence-corrected chi connectivity index (χ2v) is 6.74. The van der Waals surface area contributed by atoms with Gasteiger partial charge in [0.05, 0.1) is 40.6 Å². The number of amides is 1. The Morgan fingerprint density at radius 1 is 1.27 bits per heavy atom. The van der Waals surface area contributed by atoms with Gasteiger partial charge in [-0.05, 0) is 17.7 Å². The molecular formula is C16H25N2O3S+. The number of benzene rings is 1. The summed E-state index contributed by atoms with van der Waals surface area (Å²) >= 11 is 1.68. The summed E-state index contributed by atoms with van der Waals surface area (Å²) < 4.78 is 10.6. The molecule has 1 N–H and O–H groups in total. The van der Waals surface area contributed by atoms with Gasteiger partial charge >= 0.3 is 0 Å². The predicted octanol–water partition coefficient (Wildman–Crippen LogP) is 0.812. The fourth-order valence-electron chi connectivity index (χ4n) is 2.58. The molecule has 0 bridgehead atoms. The lowest BCUT2D eigenvalue weighted by atomic mass is 10.1. The van der Waals surface area contributed by atoms with Gasteiger partial charge in [0, 0.05) is 13.0 Å². The molecular weight excluding hydrogens is 300 g/mol. The summed E-state index contributed by atoms with van der Waals surface area (Å²) in [5.74, 6) is 2.19. The van der Waals surface area contributed by atoms with Crippen LogP contribution in [0.15, 0.2) is 18.2 Å². The fraction of sp³-hybridized carbons (Fsp3) is 0.562. The number of nitrogens with one attached hydrogen (secondary N) is 1. The zero-order valence-corrected chi connectivity index (χ0v) is 14.5. The van der Waals surface area contributed by atoms with E-state index in [9.17, 15) is 4.79 Å². The maximum atomic E-state index is 12.2. The Labute approximate surface area is 136 Å². The quantitative estimate of drug-likeness (QED) is 0.806. The van der Waals surface area contributed by atoms with Crippen LogP contribution in [0.4, 0.5) is 0 Å². The molecule has 0 aromatic heterocycles. The normalized spacial score (nSPS) is 18.1. The number of ether oxygens (including phenoxy) is 2. The second kappa shape index (κ2) is 7.74. The van der Waals surface area contributed by atoms with Gasteiger partial charge < -0.3 is 19.3 Å². The van der Waals surface area contributed by atoms with Crippen molar-refractivity contribution in [2.45, 2.75) is 11.8 Å². The highest BCUT2D eigenvalue weighted by molar-refractivity contribution is 8.00. The van der Waals surface area contributed by atoms with Gasteiger partial charge in [-0.1, -0.05) is 6.07 Å². The first kappa shape index (κ1) is 17.0. The molecule has 1 aromatic carbocycles. The van der Waals surface area contributed by atoms with Crippen molar-refractivity contribution < 1.29 is 19.2 Å². The summed E-state index contributed by atoms with van der Waals surface area (Å²) in [7, 11) is 7.52. The Morgan fingerprint density at radius 2 is 2.00 bits per heavy atom. The average molecular weight is 325 g/mol. The van der Waals surface area contributed by atoms with Gasteiger partial charge in [-0.3, -0.25) is 4.79 Å². The lowest BCUT2D eigenvalue weighted by Crippen LogP contribution is -3.05. The molecule has 1 amide bonds. The van der Waals surface area contributed by atoms with Gasteiger partial charge in [0.15, 0.2) is 11.5 Å². The van der Waals surface area contributed by atoms with E-state index in [1.807, 2.05) is 23.1 Å². The summed E-state index contributed by atoms with van der Waals surface area (Å²) in [6.45, 7) is 1.86. The summed E-state index contributed by atoms with van der Waals surface area (Å²) in [6.07, 6.45) is 1.01. The van der Waals surface area contributed by atoms with Crippen LogP contribution < -0.4 is 14.4 Å². The Bertz CT molecular complexity index is 522. The van der Waals surface area contributed by atoms with Crippen LogP contribution in [0.5, 0.6) is 11.5 Å². The number of quaternary nitrogens is 1. The third kappa shape index (κ3) is 3.87. The molecule has 1 unspecified atom stereocenters. The Kier molecular flexibility index (Phi) is 5.97. The maximum Gasteiger partial charge on any atom is 0.233 e. The maximum absolute atomic E-state index is 12.2. The predicted molar refractivity (Wildman–Crippen MR) is 88.8 cm³/mol. The topological polar surface area (TPSA) is 43.2 Å². The molecule has 1 aliphatic heterocycles. The first-order chi connectivity index (χ1) is 10.6. The molecule has 0 spiro atoms. The van der Waals surface area contributed by atoms with Gasteiger partial charge in [0.25, 0.3) is 0 Å². The van der Waals surface area contributed by atoms with Crippen molar-refractivity contribution in [1.82, 2.24) is 4.90 Å². The second-order valence-electron chi connectivity index (χ2n) is 5.68. The highest BCUT2D eigenvalue weighted by Crippen LogP contribution is 2.41. The van der Waals surface area contributed by atoms with Crippen molar-refractivity contribution in [3.63, 3.8) is 0 Å². The molecule has 1 fully saturated rings. The van der Waals surface area contributed by atoms with Crippen molar-refractivity contribution >= 4 is 17.7 Å². The van der Waals surface area contributed by atoms with Crippen molar-refractivity contribution in [3.8, 4) is 11.5 Å². The Morgan fingerprint density at radius 3 is 2.64 bits per heavy atom. The molecule has 122 valence electrons. The minimum atomic E-state index is 0.0736. The monoisotopic (exact) mass is 325 g/mol. The molecule has 22 heavy (non-hydrogen) atoms. The number of carbonyl (C=O) groups is 1. The molecule has 1 atom stereocenters. The molecule has 6 heteroatoms. The lowest BCUT2D eigenvalue weighted by molar-refractivity contribution is -0.858. The van der Waals surface area contributed by atoms with Gasteiger partial charge in [0.1, 0.15) is 5.37 Å². The zero-order chi connectivity index (χ0) is 16.1. The van der Waals surface area contributed by atoms with Gasteiger partial charge in [-0.15, -0.1) is 11.8 Å². The minimum Gasteiger partial charge on any atom is -0.493 e. The van der Waals surface area contributed by atoms with Gasteiger partial charge in [0.2, 0.25) is 5.91 Å². The Balaban J connectivity index is 2.13. The van der Waals surface area contributed by atoms with E-state index in [0.29, 0.717) is 17.3 Å². The van der Waals surface area contributed by atoms with Gasteiger partial charge in [-0.2, -0.15) is 0 Å². The summed E-state index contributed by atoms with van der Waals surface area (Å²) in [4.78, 5) is 15.5.